The van der Waals surface area contributed by atoms with Gasteiger partial charge in [-0.2, -0.15) is 0 Å². The molecule has 1 amide bonds. The number of nitrogens with one attached hydrogen (secondary N) is 1. The van der Waals surface area contributed by atoms with Gasteiger partial charge in [-0.15, -0.1) is 0 Å². The normalized spacial score (nSPS) is 13.7. The zero-order valence-electron chi connectivity index (χ0n) is 13.5. The van der Waals surface area contributed by atoms with Gasteiger partial charge in [-0.1, -0.05) is 59.8 Å². The first kappa shape index (κ1) is 14.7. The highest BCUT2D eigenvalue weighted by atomic mass is 16.5. The molecule has 24 heavy (non-hydrogen) atoms. The van der Waals surface area contributed by atoms with E-state index in [-0.39, 0.29) is 11.9 Å². The van der Waals surface area contributed by atoms with Gasteiger partial charge < -0.3 is 9.84 Å². The van der Waals surface area contributed by atoms with Crippen LogP contribution in [0.1, 0.15) is 40.1 Å². The summed E-state index contributed by atoms with van der Waals surface area (Å²) < 4.78 is 5.51. The van der Waals surface area contributed by atoms with Crippen molar-refractivity contribution in [2.75, 3.05) is 0 Å². The SMILES string of the molecule is C[C@H](NC(=O)c1noc2c1CCc1ccccc1-2)c1ccccc1. The van der Waals surface area contributed by atoms with Gasteiger partial charge in [-0.3, -0.25) is 4.79 Å². The van der Waals surface area contributed by atoms with Crippen LogP contribution in [-0.2, 0) is 12.8 Å². The van der Waals surface area contributed by atoms with Gasteiger partial charge >= 0.3 is 0 Å². The Morgan fingerprint density at radius 2 is 1.83 bits per heavy atom. The van der Waals surface area contributed by atoms with Crippen molar-refractivity contribution in [2.24, 2.45) is 0 Å². The van der Waals surface area contributed by atoms with Crippen molar-refractivity contribution in [1.29, 1.82) is 0 Å². The lowest BCUT2D eigenvalue weighted by atomic mass is 9.89. The molecule has 0 spiro atoms. The van der Waals surface area contributed by atoms with Gasteiger partial charge in [-0.05, 0) is 30.9 Å². The van der Waals surface area contributed by atoms with Gasteiger partial charge in [-0.25, -0.2) is 0 Å². The van der Waals surface area contributed by atoms with Gasteiger partial charge in [0.2, 0.25) is 0 Å². The molecule has 0 fully saturated rings. The number of fused-ring (bicyclic) bond motifs is 3. The molecule has 2 aromatic carbocycles. The molecule has 1 heterocycles. The van der Waals surface area contributed by atoms with Gasteiger partial charge in [0, 0.05) is 11.1 Å². The number of aryl methyl sites for hydroxylation is 1. The number of aromatic nitrogens is 1. The predicted octanol–water partition coefficient (Wildman–Crippen LogP) is 3.93. The molecule has 0 aliphatic heterocycles. The third-order valence-corrected chi connectivity index (χ3v) is 4.56. The zero-order chi connectivity index (χ0) is 16.5. The van der Waals surface area contributed by atoms with Crippen molar-refractivity contribution >= 4 is 5.91 Å². The second kappa shape index (κ2) is 5.96. The lowest BCUT2D eigenvalue weighted by Crippen LogP contribution is -2.28. The smallest absolute Gasteiger partial charge is 0.274 e. The van der Waals surface area contributed by atoms with Gasteiger partial charge in [0.25, 0.3) is 5.91 Å². The van der Waals surface area contributed by atoms with E-state index in [2.05, 4.69) is 16.5 Å². The highest BCUT2D eigenvalue weighted by Crippen LogP contribution is 2.35. The maximum Gasteiger partial charge on any atom is 0.274 e. The van der Waals surface area contributed by atoms with E-state index < -0.39 is 0 Å². The minimum Gasteiger partial charge on any atom is -0.355 e. The molecule has 1 aliphatic rings. The highest BCUT2D eigenvalue weighted by Gasteiger charge is 2.27. The minimum absolute atomic E-state index is 0.0815. The van der Waals surface area contributed by atoms with E-state index in [0.717, 1.165) is 35.3 Å². The van der Waals surface area contributed by atoms with E-state index in [1.54, 1.807) is 0 Å². The van der Waals surface area contributed by atoms with E-state index in [4.69, 9.17) is 4.52 Å². The summed E-state index contributed by atoms with van der Waals surface area (Å²) in [7, 11) is 0. The Balaban J connectivity index is 1.60. The van der Waals surface area contributed by atoms with Crippen LogP contribution in [0.2, 0.25) is 0 Å². The number of hydrogen-bond donors (Lipinski definition) is 1. The first-order valence-corrected chi connectivity index (χ1v) is 8.16. The summed E-state index contributed by atoms with van der Waals surface area (Å²) >= 11 is 0. The Morgan fingerprint density at radius 1 is 1.08 bits per heavy atom. The molecular formula is C20H18N2O2. The third-order valence-electron chi connectivity index (χ3n) is 4.56. The van der Waals surface area contributed by atoms with Crippen LogP contribution in [0.4, 0.5) is 0 Å². The molecule has 0 radical (unpaired) electrons. The largest absolute Gasteiger partial charge is 0.355 e. The van der Waals surface area contributed by atoms with E-state index >= 15 is 0 Å². The zero-order valence-corrected chi connectivity index (χ0v) is 13.5. The second-order valence-corrected chi connectivity index (χ2v) is 6.10. The Bertz CT molecular complexity index is 884. The average Bonchev–Trinajstić information content (AvgIpc) is 3.07. The fourth-order valence-electron chi connectivity index (χ4n) is 3.24. The molecule has 4 heteroatoms. The highest BCUT2D eigenvalue weighted by molar-refractivity contribution is 5.95. The van der Waals surface area contributed by atoms with Crippen LogP contribution in [0.25, 0.3) is 11.3 Å². The Morgan fingerprint density at radius 3 is 2.67 bits per heavy atom. The van der Waals surface area contributed by atoms with Crippen molar-refractivity contribution in [2.45, 2.75) is 25.8 Å². The lowest BCUT2D eigenvalue weighted by molar-refractivity contribution is 0.0930. The number of rotatable bonds is 3. The Labute approximate surface area is 140 Å². The fraction of sp³-hybridized carbons (Fsp3) is 0.200. The number of nitrogens with zero attached hydrogens (tertiary/aromatic N) is 1. The molecule has 4 nitrogen and oxygen atoms in total. The van der Waals surface area contributed by atoms with Crippen molar-refractivity contribution in [3.8, 4) is 11.3 Å². The maximum absolute atomic E-state index is 12.6. The van der Waals surface area contributed by atoms with Gasteiger partial charge in [0.1, 0.15) is 0 Å². The van der Waals surface area contributed by atoms with E-state index in [0.29, 0.717) is 5.69 Å². The van der Waals surface area contributed by atoms with Gasteiger partial charge in [0.15, 0.2) is 11.5 Å². The summed E-state index contributed by atoms with van der Waals surface area (Å²) in [6.07, 6.45) is 1.68. The second-order valence-electron chi connectivity index (χ2n) is 6.10. The van der Waals surface area contributed by atoms with Crippen LogP contribution in [0, 0.1) is 0 Å². The number of amides is 1. The molecule has 1 aliphatic carbocycles. The van der Waals surface area contributed by atoms with Crippen molar-refractivity contribution < 1.29 is 9.32 Å². The van der Waals surface area contributed by atoms with E-state index in [1.165, 1.54) is 5.56 Å². The molecule has 0 bridgehead atoms. The fourth-order valence-corrected chi connectivity index (χ4v) is 3.24. The molecule has 1 atom stereocenters. The summed E-state index contributed by atoms with van der Waals surface area (Å²) in [6.45, 7) is 1.97. The quantitative estimate of drug-likeness (QED) is 0.796. The predicted molar refractivity (Wildman–Crippen MR) is 91.7 cm³/mol. The minimum atomic E-state index is -0.185. The lowest BCUT2D eigenvalue weighted by Gasteiger charge is -2.16. The molecule has 1 aromatic heterocycles. The topological polar surface area (TPSA) is 55.1 Å². The Kier molecular flexibility index (Phi) is 3.65. The summed E-state index contributed by atoms with van der Waals surface area (Å²) in [5.41, 5.74) is 4.66. The van der Waals surface area contributed by atoms with E-state index in [1.807, 2.05) is 55.5 Å². The maximum atomic E-state index is 12.6. The van der Waals surface area contributed by atoms with Crippen LogP contribution < -0.4 is 5.32 Å². The van der Waals surface area contributed by atoms with Crippen LogP contribution in [0.5, 0.6) is 0 Å². The monoisotopic (exact) mass is 318 g/mol. The molecular weight excluding hydrogens is 300 g/mol. The molecule has 0 saturated carbocycles. The number of carbonyl (C=O) groups excluding carboxylic acids is 1. The molecule has 3 aromatic rings. The molecule has 1 N–H and O–H groups in total. The number of benzene rings is 2. The number of hydrogen-bond acceptors (Lipinski definition) is 3. The Hall–Kier alpha value is -2.88. The average molecular weight is 318 g/mol. The van der Waals surface area contributed by atoms with Gasteiger partial charge in [0.05, 0.1) is 6.04 Å². The van der Waals surface area contributed by atoms with Crippen molar-refractivity contribution in [3.05, 3.63) is 77.0 Å². The summed E-state index contributed by atoms with van der Waals surface area (Å²) in [5.74, 6) is 0.546. The van der Waals surface area contributed by atoms with Crippen molar-refractivity contribution in [1.82, 2.24) is 10.5 Å². The van der Waals surface area contributed by atoms with Crippen LogP contribution >= 0.6 is 0 Å². The molecule has 120 valence electrons. The molecule has 0 saturated heterocycles. The third kappa shape index (κ3) is 2.50. The molecule has 0 unspecified atom stereocenters. The van der Waals surface area contributed by atoms with Crippen molar-refractivity contribution in [3.63, 3.8) is 0 Å². The standard InChI is InChI=1S/C20H18N2O2/c1-13(14-7-3-2-4-8-14)21-20(23)18-17-12-11-15-9-5-6-10-16(15)19(17)24-22-18/h2-10,13H,11-12H2,1H3,(H,21,23)/t13-/m0/s1. The van der Waals surface area contributed by atoms with E-state index in [9.17, 15) is 4.79 Å². The molecule has 4 rings (SSSR count). The number of carbonyl (C=O) groups is 1. The summed E-state index contributed by atoms with van der Waals surface area (Å²) in [5, 5.41) is 7.07. The van der Waals surface area contributed by atoms with Crippen LogP contribution in [0.15, 0.2) is 59.1 Å². The first-order valence-electron chi connectivity index (χ1n) is 8.16. The van der Waals surface area contributed by atoms with Crippen LogP contribution in [0.3, 0.4) is 0 Å². The van der Waals surface area contributed by atoms with Crippen LogP contribution in [-0.4, -0.2) is 11.1 Å². The summed E-state index contributed by atoms with van der Waals surface area (Å²) in [4.78, 5) is 12.6. The first-order chi connectivity index (χ1) is 11.7. The summed E-state index contributed by atoms with van der Waals surface area (Å²) in [6, 6.07) is 17.9.